The summed E-state index contributed by atoms with van der Waals surface area (Å²) < 4.78 is 37.4. The molecular formula is C14H19F3N2O. The first kappa shape index (κ1) is 16.5. The van der Waals surface area contributed by atoms with E-state index >= 15 is 0 Å². The van der Waals surface area contributed by atoms with Crippen LogP contribution < -0.4 is 10.6 Å². The number of anilines is 1. The fourth-order valence-corrected chi connectivity index (χ4v) is 1.71. The molecule has 1 atom stereocenters. The standard InChI is InChI=1S/C14H19F3N2O/c1-3-8-18-10(2)13(20)19-12-7-5-4-6-11(12)9-14(15,16)17/h4-7,10,18H,3,8-9H2,1-2H3,(H,19,20). The lowest BCUT2D eigenvalue weighted by atomic mass is 10.1. The molecule has 0 aliphatic rings. The fourth-order valence-electron chi connectivity index (χ4n) is 1.71. The zero-order valence-electron chi connectivity index (χ0n) is 11.6. The molecule has 3 nitrogen and oxygen atoms in total. The predicted molar refractivity (Wildman–Crippen MR) is 72.6 cm³/mol. The minimum Gasteiger partial charge on any atom is -0.324 e. The predicted octanol–water partition coefficient (Wildman–Crippen LogP) is 3.12. The maximum absolute atomic E-state index is 12.5. The highest BCUT2D eigenvalue weighted by molar-refractivity contribution is 5.95. The second-order valence-electron chi connectivity index (χ2n) is 4.61. The van der Waals surface area contributed by atoms with Crippen LogP contribution in [0.15, 0.2) is 24.3 Å². The number of carbonyl (C=O) groups is 1. The van der Waals surface area contributed by atoms with E-state index in [1.165, 1.54) is 18.2 Å². The molecule has 0 aliphatic carbocycles. The largest absolute Gasteiger partial charge is 0.393 e. The van der Waals surface area contributed by atoms with E-state index in [-0.39, 0.29) is 17.2 Å². The van der Waals surface area contributed by atoms with Gasteiger partial charge in [-0.25, -0.2) is 0 Å². The van der Waals surface area contributed by atoms with E-state index < -0.39 is 18.6 Å². The number of carbonyl (C=O) groups excluding carboxylic acids is 1. The van der Waals surface area contributed by atoms with Crippen LogP contribution in [0.25, 0.3) is 0 Å². The Balaban J connectivity index is 2.74. The van der Waals surface area contributed by atoms with Gasteiger partial charge in [-0.3, -0.25) is 4.79 Å². The summed E-state index contributed by atoms with van der Waals surface area (Å²) in [4.78, 5) is 11.9. The zero-order chi connectivity index (χ0) is 15.2. The van der Waals surface area contributed by atoms with Gasteiger partial charge >= 0.3 is 6.18 Å². The van der Waals surface area contributed by atoms with Crippen LogP contribution in [0.1, 0.15) is 25.8 Å². The van der Waals surface area contributed by atoms with Crippen molar-refractivity contribution in [1.82, 2.24) is 5.32 Å². The second kappa shape index (κ2) is 7.28. The molecule has 0 radical (unpaired) electrons. The average Bonchev–Trinajstić information content (AvgIpc) is 2.36. The summed E-state index contributed by atoms with van der Waals surface area (Å²) in [5.41, 5.74) is 0.274. The van der Waals surface area contributed by atoms with E-state index in [1.54, 1.807) is 13.0 Å². The van der Waals surface area contributed by atoms with Gasteiger partial charge in [-0.05, 0) is 31.5 Å². The molecule has 0 saturated heterocycles. The SMILES string of the molecule is CCCNC(C)C(=O)Nc1ccccc1CC(F)(F)F. The summed E-state index contributed by atoms with van der Waals surface area (Å²) in [6.45, 7) is 4.33. The lowest BCUT2D eigenvalue weighted by molar-refractivity contribution is -0.127. The maximum atomic E-state index is 12.5. The highest BCUT2D eigenvalue weighted by Gasteiger charge is 2.29. The van der Waals surface area contributed by atoms with Crippen LogP contribution in [0.4, 0.5) is 18.9 Å². The molecule has 0 bridgehead atoms. The van der Waals surface area contributed by atoms with Crippen molar-refractivity contribution in [3.63, 3.8) is 0 Å². The molecule has 1 aromatic carbocycles. The third kappa shape index (κ3) is 5.61. The number of halogens is 3. The normalized spacial score (nSPS) is 13.1. The summed E-state index contributed by atoms with van der Waals surface area (Å²) >= 11 is 0. The molecule has 0 heterocycles. The molecule has 2 N–H and O–H groups in total. The van der Waals surface area contributed by atoms with Gasteiger partial charge in [-0.2, -0.15) is 13.2 Å². The Morgan fingerprint density at radius 1 is 1.30 bits per heavy atom. The highest BCUT2D eigenvalue weighted by atomic mass is 19.4. The molecule has 1 rings (SSSR count). The van der Waals surface area contributed by atoms with Crippen molar-refractivity contribution in [2.45, 2.75) is 38.9 Å². The van der Waals surface area contributed by atoms with E-state index in [0.717, 1.165) is 6.42 Å². The number of amides is 1. The first-order chi connectivity index (χ1) is 9.33. The van der Waals surface area contributed by atoms with Crippen molar-refractivity contribution in [3.8, 4) is 0 Å². The summed E-state index contributed by atoms with van der Waals surface area (Å²) in [5, 5.41) is 5.53. The van der Waals surface area contributed by atoms with E-state index in [2.05, 4.69) is 10.6 Å². The van der Waals surface area contributed by atoms with Gasteiger partial charge < -0.3 is 10.6 Å². The summed E-state index contributed by atoms with van der Waals surface area (Å²) in [6.07, 6.45) is -4.48. The van der Waals surface area contributed by atoms with Crippen molar-refractivity contribution in [1.29, 1.82) is 0 Å². The van der Waals surface area contributed by atoms with Crippen LogP contribution in [0.5, 0.6) is 0 Å². The van der Waals surface area contributed by atoms with Gasteiger partial charge in [0, 0.05) is 5.69 Å². The third-order valence-electron chi connectivity index (χ3n) is 2.76. The minimum absolute atomic E-state index is 0.0658. The Labute approximate surface area is 116 Å². The lowest BCUT2D eigenvalue weighted by Crippen LogP contribution is -2.38. The number of hydrogen-bond donors (Lipinski definition) is 2. The molecule has 1 amide bonds. The van der Waals surface area contributed by atoms with Crippen LogP contribution >= 0.6 is 0 Å². The third-order valence-corrected chi connectivity index (χ3v) is 2.76. The number of alkyl halides is 3. The van der Waals surface area contributed by atoms with Gasteiger partial charge in [0.2, 0.25) is 5.91 Å². The quantitative estimate of drug-likeness (QED) is 0.844. The monoisotopic (exact) mass is 288 g/mol. The van der Waals surface area contributed by atoms with Gasteiger partial charge in [0.1, 0.15) is 0 Å². The molecule has 0 fully saturated rings. The molecule has 1 unspecified atom stereocenters. The Morgan fingerprint density at radius 2 is 1.95 bits per heavy atom. The number of para-hydroxylation sites is 1. The fraction of sp³-hybridized carbons (Fsp3) is 0.500. The van der Waals surface area contributed by atoms with Crippen LogP contribution in [0.2, 0.25) is 0 Å². The van der Waals surface area contributed by atoms with E-state index in [4.69, 9.17) is 0 Å². The zero-order valence-corrected chi connectivity index (χ0v) is 11.6. The Bertz CT molecular complexity index is 446. The van der Waals surface area contributed by atoms with Crippen molar-refractivity contribution in [3.05, 3.63) is 29.8 Å². The molecule has 112 valence electrons. The Hall–Kier alpha value is -1.56. The maximum Gasteiger partial charge on any atom is 0.393 e. The van der Waals surface area contributed by atoms with Crippen LogP contribution in [0, 0.1) is 0 Å². The second-order valence-corrected chi connectivity index (χ2v) is 4.61. The lowest BCUT2D eigenvalue weighted by Gasteiger charge is -2.16. The number of benzene rings is 1. The number of hydrogen-bond acceptors (Lipinski definition) is 2. The molecular weight excluding hydrogens is 269 g/mol. The van der Waals surface area contributed by atoms with Gasteiger partial charge in [0.15, 0.2) is 0 Å². The summed E-state index contributed by atoms with van der Waals surface area (Å²) in [5.74, 6) is -0.340. The topological polar surface area (TPSA) is 41.1 Å². The van der Waals surface area contributed by atoms with Crippen molar-refractivity contribution in [2.75, 3.05) is 11.9 Å². The van der Waals surface area contributed by atoms with Gasteiger partial charge in [-0.1, -0.05) is 25.1 Å². The molecule has 0 spiro atoms. The van der Waals surface area contributed by atoms with Crippen molar-refractivity contribution < 1.29 is 18.0 Å². The van der Waals surface area contributed by atoms with Crippen LogP contribution in [-0.2, 0) is 11.2 Å². The van der Waals surface area contributed by atoms with Crippen molar-refractivity contribution in [2.24, 2.45) is 0 Å². The summed E-state index contributed by atoms with van der Waals surface area (Å²) in [6, 6.07) is 5.52. The molecule has 20 heavy (non-hydrogen) atoms. The first-order valence-corrected chi connectivity index (χ1v) is 6.52. The van der Waals surface area contributed by atoms with Gasteiger partial charge in [0.05, 0.1) is 12.5 Å². The van der Waals surface area contributed by atoms with Crippen LogP contribution in [-0.4, -0.2) is 24.7 Å². The highest BCUT2D eigenvalue weighted by Crippen LogP contribution is 2.26. The molecule has 0 aromatic heterocycles. The molecule has 1 aromatic rings. The van der Waals surface area contributed by atoms with Gasteiger partial charge in [-0.15, -0.1) is 0 Å². The Kier molecular flexibility index (Phi) is 6.01. The van der Waals surface area contributed by atoms with Crippen molar-refractivity contribution >= 4 is 11.6 Å². The van der Waals surface area contributed by atoms with Crippen LogP contribution in [0.3, 0.4) is 0 Å². The molecule has 0 aliphatic heterocycles. The Morgan fingerprint density at radius 3 is 2.55 bits per heavy atom. The number of nitrogens with one attached hydrogen (secondary N) is 2. The minimum atomic E-state index is -4.30. The molecule has 0 saturated carbocycles. The van der Waals surface area contributed by atoms with E-state index in [9.17, 15) is 18.0 Å². The first-order valence-electron chi connectivity index (χ1n) is 6.52. The van der Waals surface area contributed by atoms with E-state index in [0.29, 0.717) is 6.54 Å². The summed E-state index contributed by atoms with van der Waals surface area (Å²) in [7, 11) is 0. The van der Waals surface area contributed by atoms with Gasteiger partial charge in [0.25, 0.3) is 0 Å². The molecule has 6 heteroatoms. The number of rotatable bonds is 6. The smallest absolute Gasteiger partial charge is 0.324 e. The average molecular weight is 288 g/mol. The van der Waals surface area contributed by atoms with E-state index in [1.807, 2.05) is 6.92 Å².